The first kappa shape index (κ1) is 28.3. The molecule has 0 aromatic carbocycles. The first-order valence-electron chi connectivity index (χ1n) is 8.73. The highest BCUT2D eigenvalue weighted by Gasteiger charge is 2.50. The Labute approximate surface area is 179 Å². The molecule has 0 N–H and O–H groups in total. The van der Waals surface area contributed by atoms with E-state index in [1.54, 1.807) is 6.08 Å². The predicted octanol–water partition coefficient (Wildman–Crippen LogP) is 6.22. The zero-order valence-corrected chi connectivity index (χ0v) is 21.5. The fourth-order valence-electron chi connectivity index (χ4n) is 1.74. The van der Waals surface area contributed by atoms with Crippen molar-refractivity contribution in [3.63, 3.8) is 0 Å². The summed E-state index contributed by atoms with van der Waals surface area (Å²) in [5.74, 6) is 0. The molecule has 0 bridgehead atoms. The van der Waals surface area contributed by atoms with Crippen LogP contribution in [0, 0.1) is 0 Å². The Bertz CT molecular complexity index is 442. The van der Waals surface area contributed by atoms with Crippen LogP contribution in [0.25, 0.3) is 0 Å². The highest BCUT2D eigenvalue weighted by atomic mass is 79.9. The van der Waals surface area contributed by atoms with Crippen molar-refractivity contribution < 1.29 is 14.1 Å². The number of rotatable bonds is 6. The molecule has 0 aromatic heterocycles. The third-order valence-electron chi connectivity index (χ3n) is 3.67. The molecule has 0 spiro atoms. The molecular weight excluding hydrogens is 475 g/mol. The molecule has 0 radical (unpaired) electrons. The maximum Gasteiger partial charge on any atom is 0.461 e. The molecule has 150 valence electrons. The van der Waals surface area contributed by atoms with Crippen molar-refractivity contribution >= 4 is 53.3 Å². The van der Waals surface area contributed by atoms with Gasteiger partial charge in [0, 0.05) is 5.33 Å². The lowest BCUT2D eigenvalue weighted by molar-refractivity contribution is -0.105. The zero-order valence-electron chi connectivity index (χ0n) is 17.4. The summed E-state index contributed by atoms with van der Waals surface area (Å²) in [4.78, 5) is 9.13. The summed E-state index contributed by atoms with van der Waals surface area (Å²) >= 11 is 6.10. The Morgan fingerprint density at radius 2 is 1.46 bits per heavy atom. The Kier molecular flexibility index (Phi) is 15.3. The number of hydrogen-bond donors (Lipinski definition) is 0. The number of hydrogen-bond acceptors (Lipinski definition) is 3. The Morgan fingerprint density at radius 1 is 1.00 bits per heavy atom. The molecule has 3 nitrogen and oxygen atoms in total. The quantitative estimate of drug-likeness (QED) is 0.184. The van der Waals surface area contributed by atoms with Crippen LogP contribution in [0.1, 0.15) is 27.7 Å². The number of aldehydes is 1. The lowest BCUT2D eigenvalue weighted by Crippen LogP contribution is -2.41. The monoisotopic (exact) mass is 508 g/mol. The van der Waals surface area contributed by atoms with Crippen molar-refractivity contribution in [2.75, 3.05) is 10.7 Å². The second kappa shape index (κ2) is 14.1. The molecule has 0 aromatic rings. The van der Waals surface area contributed by atoms with Crippen molar-refractivity contribution in [2.45, 2.75) is 64.9 Å². The second-order valence-corrected chi connectivity index (χ2v) is 14.2. The molecule has 26 heavy (non-hydrogen) atoms. The van der Waals surface area contributed by atoms with Gasteiger partial charge in [-0.15, -0.1) is 0 Å². The topological polar surface area (TPSA) is 35.5 Å². The van der Waals surface area contributed by atoms with Gasteiger partial charge in [-0.3, -0.25) is 0 Å². The molecule has 0 aliphatic carbocycles. The molecule has 1 aliphatic heterocycles. The van der Waals surface area contributed by atoms with Crippen LogP contribution in [0.4, 0.5) is 0 Å². The lowest BCUT2D eigenvalue weighted by atomic mass is 9.85. The van der Waals surface area contributed by atoms with E-state index in [0.717, 1.165) is 17.9 Å². The third kappa shape index (κ3) is 14.2. The van der Waals surface area contributed by atoms with Crippen LogP contribution < -0.4 is 0 Å². The van der Waals surface area contributed by atoms with Crippen LogP contribution >= 0.6 is 31.9 Å². The number of carbonyl (C=O) groups is 1. The molecule has 0 amide bonds. The van der Waals surface area contributed by atoms with Crippen molar-refractivity contribution in [3.05, 3.63) is 36.6 Å². The van der Waals surface area contributed by atoms with E-state index >= 15 is 0 Å². The van der Waals surface area contributed by atoms with Gasteiger partial charge in [0.15, 0.2) is 0 Å². The summed E-state index contributed by atoms with van der Waals surface area (Å²) in [6.07, 6.45) is 9.49. The molecule has 1 aliphatic rings. The van der Waals surface area contributed by atoms with Crippen LogP contribution in [0.2, 0.25) is 26.0 Å². The fourth-order valence-corrected chi connectivity index (χ4v) is 2.80. The number of alkyl halides is 2. The van der Waals surface area contributed by atoms with Crippen molar-refractivity contribution in [2.24, 2.45) is 0 Å². The summed E-state index contributed by atoms with van der Waals surface area (Å²) < 4.78 is 11.8. The Hall–Kier alpha value is 0.0518. The van der Waals surface area contributed by atoms with Gasteiger partial charge in [0.05, 0.1) is 24.6 Å². The SMILES string of the molecule is C=C/C=C/CBr.CC1(C)OB(C/C=C/[Si](C)(C)C)OC1(C)C.O=CCBr. The summed E-state index contributed by atoms with van der Waals surface area (Å²) in [5, 5.41) is 1.37. The second-order valence-electron chi connectivity index (χ2n) is 7.83. The van der Waals surface area contributed by atoms with Crippen molar-refractivity contribution in [1.82, 2.24) is 0 Å². The van der Waals surface area contributed by atoms with E-state index in [2.05, 4.69) is 97.6 Å². The summed E-state index contributed by atoms with van der Waals surface area (Å²) in [5.41, 5.74) is 1.94. The molecule has 1 heterocycles. The van der Waals surface area contributed by atoms with Crippen LogP contribution in [-0.4, -0.2) is 43.3 Å². The molecule has 0 unspecified atom stereocenters. The van der Waals surface area contributed by atoms with E-state index in [1.807, 2.05) is 12.2 Å². The lowest BCUT2D eigenvalue weighted by Gasteiger charge is -2.32. The number of carbonyl (C=O) groups excluding carboxylic acids is 1. The molecular formula is C19H35BBr2O3Si. The van der Waals surface area contributed by atoms with Crippen molar-refractivity contribution in [3.8, 4) is 0 Å². The van der Waals surface area contributed by atoms with E-state index in [9.17, 15) is 0 Å². The average molecular weight is 510 g/mol. The van der Waals surface area contributed by atoms with E-state index < -0.39 is 8.07 Å². The largest absolute Gasteiger partial charge is 0.461 e. The van der Waals surface area contributed by atoms with E-state index in [4.69, 9.17) is 14.1 Å². The summed E-state index contributed by atoms with van der Waals surface area (Å²) in [6, 6.07) is 0. The predicted molar refractivity (Wildman–Crippen MR) is 126 cm³/mol. The maximum absolute atomic E-state index is 9.13. The minimum absolute atomic E-state index is 0.0856. The maximum atomic E-state index is 9.13. The van der Waals surface area contributed by atoms with Gasteiger partial charge in [0.2, 0.25) is 0 Å². The van der Waals surface area contributed by atoms with Gasteiger partial charge in [-0.25, -0.2) is 0 Å². The summed E-state index contributed by atoms with van der Waals surface area (Å²) in [6.45, 7) is 18.8. The standard InChI is InChI=1S/C12H25BO2Si.C5H7Br.C2H3BrO/c1-11(2)12(3,4)15-13(14-11)9-8-10-16(5,6)7;1-2-3-4-5-6;3-1-2-4/h8,10H,9H2,1-7H3;2-4H,1,5H2;2H,1H2/b10-8+;4-3+;. The molecule has 0 saturated carbocycles. The van der Waals surface area contributed by atoms with Crippen LogP contribution in [0.5, 0.6) is 0 Å². The summed E-state index contributed by atoms with van der Waals surface area (Å²) in [7, 11) is -1.18. The highest BCUT2D eigenvalue weighted by molar-refractivity contribution is 9.09. The van der Waals surface area contributed by atoms with E-state index in [1.165, 1.54) is 0 Å². The zero-order chi connectivity index (χ0) is 20.9. The van der Waals surface area contributed by atoms with E-state index in [0.29, 0.717) is 5.33 Å². The van der Waals surface area contributed by atoms with Crippen LogP contribution in [-0.2, 0) is 14.1 Å². The van der Waals surface area contributed by atoms with Gasteiger partial charge in [0.25, 0.3) is 0 Å². The van der Waals surface area contributed by atoms with Gasteiger partial charge in [-0.05, 0) is 34.0 Å². The Morgan fingerprint density at radius 3 is 1.73 bits per heavy atom. The number of halogens is 2. The molecule has 1 saturated heterocycles. The number of allylic oxidation sites excluding steroid dienone is 4. The molecule has 7 heteroatoms. The first-order chi connectivity index (χ1) is 11.9. The highest BCUT2D eigenvalue weighted by Crippen LogP contribution is 2.37. The van der Waals surface area contributed by atoms with Gasteiger partial charge < -0.3 is 14.1 Å². The normalized spacial score (nSPS) is 18.1. The fraction of sp³-hybridized carbons (Fsp3) is 0.632. The van der Waals surface area contributed by atoms with Crippen LogP contribution in [0.3, 0.4) is 0 Å². The molecule has 1 rings (SSSR count). The minimum Gasteiger partial charge on any atom is -0.403 e. The van der Waals surface area contributed by atoms with Crippen molar-refractivity contribution in [1.29, 1.82) is 0 Å². The van der Waals surface area contributed by atoms with Gasteiger partial charge >= 0.3 is 7.12 Å². The Balaban J connectivity index is 0. The van der Waals surface area contributed by atoms with Gasteiger partial charge in [-0.1, -0.05) is 88.1 Å². The molecule has 1 fully saturated rings. The molecule has 0 atom stereocenters. The first-order valence-corrected chi connectivity index (χ1v) is 14.6. The van der Waals surface area contributed by atoms with Gasteiger partial charge in [0.1, 0.15) is 6.29 Å². The minimum atomic E-state index is -1.09. The smallest absolute Gasteiger partial charge is 0.403 e. The van der Waals surface area contributed by atoms with Crippen LogP contribution in [0.15, 0.2) is 36.6 Å². The third-order valence-corrected chi connectivity index (χ3v) is 5.55. The average Bonchev–Trinajstić information content (AvgIpc) is 2.72. The van der Waals surface area contributed by atoms with Gasteiger partial charge in [-0.2, -0.15) is 0 Å². The van der Waals surface area contributed by atoms with E-state index in [-0.39, 0.29) is 18.3 Å².